The summed E-state index contributed by atoms with van der Waals surface area (Å²) in [5, 5.41) is 3.92. The Morgan fingerprint density at radius 2 is 1.62 bits per heavy atom. The second kappa shape index (κ2) is 12.3. The van der Waals surface area contributed by atoms with Crippen LogP contribution in [0, 0.1) is 5.41 Å². The first kappa shape index (κ1) is 32.0. The molecule has 4 rings (SSSR count). The van der Waals surface area contributed by atoms with Gasteiger partial charge in [-0.05, 0) is 57.8 Å². The second-order valence-corrected chi connectivity index (χ2v) is 19.1. The topological polar surface area (TPSA) is 68.6 Å². The largest absolute Gasteiger partial charge is 0.444 e. The van der Waals surface area contributed by atoms with E-state index in [-0.39, 0.29) is 17.6 Å². The molecule has 1 saturated heterocycles. The zero-order chi connectivity index (χ0) is 30.8. The van der Waals surface area contributed by atoms with Crippen LogP contribution in [0.1, 0.15) is 65.4 Å². The van der Waals surface area contributed by atoms with Crippen molar-refractivity contribution in [3.63, 3.8) is 0 Å². The summed E-state index contributed by atoms with van der Waals surface area (Å²) >= 11 is 0. The average molecular weight is 591 g/mol. The lowest BCUT2D eigenvalue weighted by Gasteiger charge is -2.39. The van der Waals surface area contributed by atoms with Crippen LogP contribution < -0.4 is 5.32 Å². The molecule has 228 valence electrons. The van der Waals surface area contributed by atoms with Crippen LogP contribution in [-0.2, 0) is 15.7 Å². The second-order valence-electron chi connectivity index (χ2n) is 14.7. The maximum absolute atomic E-state index is 13.0. The monoisotopic (exact) mass is 590 g/mol. The molecule has 8 heteroatoms. The van der Waals surface area contributed by atoms with Gasteiger partial charge >= 0.3 is 6.09 Å². The van der Waals surface area contributed by atoms with E-state index in [0.29, 0.717) is 19.6 Å². The Morgan fingerprint density at radius 3 is 2.19 bits per heavy atom. The summed E-state index contributed by atoms with van der Waals surface area (Å²) < 4.78 is 14.9. The Labute approximate surface area is 253 Å². The van der Waals surface area contributed by atoms with Crippen molar-refractivity contribution in [2.75, 3.05) is 19.6 Å². The van der Waals surface area contributed by atoms with E-state index in [1.807, 2.05) is 37.8 Å². The minimum absolute atomic E-state index is 0.0589. The number of carbonyl (C=O) groups is 1. The standard InChI is InChI=1S/C34H50N4O3Si/c1-32(2,3)29(35-24-34(41-42(7,8)9)20-21-37(25-34)31(39)40-33(4,5)6)30-36-28(27-18-14-11-15-19-27)23-38(30)22-26-16-12-10-13-17-26/h10-19,23,29,35H,20-22,24-25H2,1-9H3/t29-,34?/m0/s1. The van der Waals surface area contributed by atoms with E-state index in [2.05, 4.69) is 105 Å². The Morgan fingerprint density at radius 1 is 1.00 bits per heavy atom. The third-order valence-corrected chi connectivity index (χ3v) is 8.36. The number of rotatable bonds is 9. The number of hydrogen-bond donors (Lipinski definition) is 1. The summed E-state index contributed by atoms with van der Waals surface area (Å²) in [6.07, 6.45) is 2.65. The van der Waals surface area contributed by atoms with E-state index in [1.54, 1.807) is 0 Å². The minimum Gasteiger partial charge on any atom is -0.444 e. The lowest BCUT2D eigenvalue weighted by molar-refractivity contribution is 0.0181. The molecule has 1 aliphatic rings. The van der Waals surface area contributed by atoms with Crippen LogP contribution in [0.5, 0.6) is 0 Å². The fraction of sp³-hybridized carbons (Fsp3) is 0.529. The number of benzene rings is 2. The van der Waals surface area contributed by atoms with Crippen molar-refractivity contribution >= 4 is 14.4 Å². The summed E-state index contributed by atoms with van der Waals surface area (Å²) in [7, 11) is -1.94. The number of nitrogens with one attached hydrogen (secondary N) is 1. The zero-order valence-electron chi connectivity index (χ0n) is 27.0. The number of imidazole rings is 1. The quantitative estimate of drug-likeness (QED) is 0.261. The van der Waals surface area contributed by atoms with Crippen molar-refractivity contribution in [3.05, 3.63) is 78.2 Å². The molecule has 1 aliphatic heterocycles. The van der Waals surface area contributed by atoms with Crippen molar-refractivity contribution < 1.29 is 14.0 Å². The van der Waals surface area contributed by atoms with E-state index in [4.69, 9.17) is 14.1 Å². The van der Waals surface area contributed by atoms with Crippen molar-refractivity contribution in [1.82, 2.24) is 19.8 Å². The molecule has 1 unspecified atom stereocenters. The van der Waals surface area contributed by atoms with Gasteiger partial charge in [-0.1, -0.05) is 81.4 Å². The molecule has 1 aromatic heterocycles. The van der Waals surface area contributed by atoms with Gasteiger partial charge in [0.2, 0.25) is 0 Å². The van der Waals surface area contributed by atoms with Gasteiger partial charge in [0.15, 0.2) is 8.32 Å². The summed E-state index contributed by atoms with van der Waals surface area (Å²) in [6.45, 7) is 21.6. The molecule has 7 nitrogen and oxygen atoms in total. The van der Waals surface area contributed by atoms with Crippen LogP contribution in [0.3, 0.4) is 0 Å². The van der Waals surface area contributed by atoms with Gasteiger partial charge in [-0.25, -0.2) is 9.78 Å². The Kier molecular flexibility index (Phi) is 9.40. The van der Waals surface area contributed by atoms with Gasteiger partial charge in [-0.3, -0.25) is 0 Å². The molecule has 0 spiro atoms. The summed E-state index contributed by atoms with van der Waals surface area (Å²) in [5.74, 6) is 0.996. The number of carbonyl (C=O) groups excluding carboxylic acids is 1. The van der Waals surface area contributed by atoms with Gasteiger partial charge in [0.05, 0.1) is 23.9 Å². The van der Waals surface area contributed by atoms with Crippen LogP contribution in [0.25, 0.3) is 11.3 Å². The van der Waals surface area contributed by atoms with Crippen molar-refractivity contribution in [2.45, 2.75) is 91.4 Å². The average Bonchev–Trinajstić information content (AvgIpc) is 3.47. The number of hydrogen-bond acceptors (Lipinski definition) is 5. The van der Waals surface area contributed by atoms with E-state index < -0.39 is 19.5 Å². The molecule has 0 aliphatic carbocycles. The molecular formula is C34H50N4O3Si. The van der Waals surface area contributed by atoms with Crippen molar-refractivity contribution in [2.24, 2.45) is 5.41 Å². The van der Waals surface area contributed by atoms with Crippen LogP contribution in [0.4, 0.5) is 4.79 Å². The first-order valence-corrected chi connectivity index (χ1v) is 18.5. The molecule has 2 aromatic carbocycles. The van der Waals surface area contributed by atoms with Crippen LogP contribution in [0.15, 0.2) is 66.9 Å². The Hall–Kier alpha value is -2.94. The molecule has 0 radical (unpaired) electrons. The molecular weight excluding hydrogens is 540 g/mol. The van der Waals surface area contributed by atoms with Crippen LogP contribution in [-0.4, -0.2) is 59.7 Å². The first-order valence-electron chi connectivity index (χ1n) is 15.1. The van der Waals surface area contributed by atoms with E-state index >= 15 is 0 Å². The fourth-order valence-corrected chi connectivity index (χ4v) is 7.17. The van der Waals surface area contributed by atoms with Crippen molar-refractivity contribution in [3.8, 4) is 11.3 Å². The summed E-state index contributed by atoms with van der Waals surface area (Å²) in [6, 6.07) is 20.8. The predicted molar refractivity (Wildman–Crippen MR) is 173 cm³/mol. The SMILES string of the molecule is CC(C)(C)OC(=O)N1CCC(CN[C@@H](c2nc(-c3ccccc3)cn2Cc2ccccc2)C(C)(C)C)(O[Si](C)(C)C)C1. The van der Waals surface area contributed by atoms with Crippen molar-refractivity contribution in [1.29, 1.82) is 0 Å². The lowest BCUT2D eigenvalue weighted by Crippen LogP contribution is -2.53. The van der Waals surface area contributed by atoms with E-state index in [1.165, 1.54) is 5.56 Å². The highest BCUT2D eigenvalue weighted by molar-refractivity contribution is 6.69. The van der Waals surface area contributed by atoms with E-state index in [0.717, 1.165) is 30.0 Å². The third kappa shape index (κ3) is 8.55. The van der Waals surface area contributed by atoms with Gasteiger partial charge in [-0.15, -0.1) is 0 Å². The summed E-state index contributed by atoms with van der Waals surface area (Å²) in [4.78, 5) is 20.1. The third-order valence-electron chi connectivity index (χ3n) is 7.32. The minimum atomic E-state index is -1.94. The Balaban J connectivity index is 1.66. The molecule has 1 amide bonds. The van der Waals surface area contributed by atoms with E-state index in [9.17, 15) is 4.79 Å². The molecule has 3 aromatic rings. The van der Waals surface area contributed by atoms with Gasteiger partial charge in [0.25, 0.3) is 0 Å². The molecule has 1 N–H and O–H groups in total. The van der Waals surface area contributed by atoms with Gasteiger partial charge < -0.3 is 23.9 Å². The predicted octanol–water partition coefficient (Wildman–Crippen LogP) is 7.51. The molecule has 2 heterocycles. The Bertz CT molecular complexity index is 1320. The number of nitrogens with zero attached hydrogens (tertiary/aromatic N) is 3. The molecule has 42 heavy (non-hydrogen) atoms. The lowest BCUT2D eigenvalue weighted by atomic mass is 9.85. The van der Waals surface area contributed by atoms with Crippen LogP contribution in [0.2, 0.25) is 19.6 Å². The molecule has 1 fully saturated rings. The molecule has 2 atom stereocenters. The fourth-order valence-electron chi connectivity index (χ4n) is 5.63. The van der Waals surface area contributed by atoms with Crippen LogP contribution >= 0.6 is 0 Å². The highest BCUT2D eigenvalue weighted by Gasteiger charge is 2.45. The van der Waals surface area contributed by atoms with Gasteiger partial charge in [0.1, 0.15) is 11.4 Å². The maximum atomic E-state index is 13.0. The maximum Gasteiger partial charge on any atom is 0.410 e. The smallest absolute Gasteiger partial charge is 0.410 e. The normalized spacial score (nSPS) is 18.7. The zero-order valence-corrected chi connectivity index (χ0v) is 28.0. The van der Waals surface area contributed by atoms with Gasteiger partial charge in [-0.2, -0.15) is 0 Å². The highest BCUT2D eigenvalue weighted by atomic mass is 28.4. The molecule has 0 bridgehead atoms. The molecule has 0 saturated carbocycles. The highest BCUT2D eigenvalue weighted by Crippen LogP contribution is 2.36. The van der Waals surface area contributed by atoms with Gasteiger partial charge in [0, 0.05) is 31.4 Å². The first-order chi connectivity index (χ1) is 19.5. The number of amides is 1. The number of ether oxygens (including phenoxy) is 1. The summed E-state index contributed by atoms with van der Waals surface area (Å²) in [5.41, 5.74) is 2.11. The number of likely N-dealkylation sites (tertiary alicyclic amines) is 1. The number of aromatic nitrogens is 2.